The molecule has 4 rings (SSSR count). The highest BCUT2D eigenvalue weighted by Crippen LogP contribution is 2.24. The highest BCUT2D eigenvalue weighted by molar-refractivity contribution is 7.98. The Morgan fingerprint density at radius 2 is 1.01 bits per heavy atom. The van der Waals surface area contributed by atoms with Crippen molar-refractivity contribution in [2.24, 2.45) is 51.0 Å². The summed E-state index contributed by atoms with van der Waals surface area (Å²) in [6.45, 7) is 3.86. The van der Waals surface area contributed by atoms with E-state index in [9.17, 15) is 62.3 Å². The second-order valence-electron chi connectivity index (χ2n) is 24.1. The van der Waals surface area contributed by atoms with Gasteiger partial charge in [-0.05, 0) is 119 Å². The predicted octanol–water partition coefficient (Wildman–Crippen LogP) is -3.71. The molecular weight excluding hydrogens is 1250 g/mol. The summed E-state index contributed by atoms with van der Waals surface area (Å²) < 4.78 is 0. The third-order valence-corrected chi connectivity index (χ3v) is 16.7. The molecule has 2 heterocycles. The quantitative estimate of drug-likeness (QED) is 0.0173. The number of likely N-dealkylation sites (tertiary alicyclic amines) is 2. The van der Waals surface area contributed by atoms with E-state index in [1.54, 1.807) is 60.7 Å². The zero-order valence-electron chi connectivity index (χ0n) is 54.5. The number of unbranched alkanes of at least 4 members (excludes halogenated alkanes) is 1. The van der Waals surface area contributed by atoms with E-state index in [1.807, 2.05) is 20.1 Å². The molecule has 2 saturated heterocycles. The maximum atomic E-state index is 14.7. The lowest BCUT2D eigenvalue weighted by atomic mass is 10.0. The van der Waals surface area contributed by atoms with Crippen molar-refractivity contribution >= 4 is 94.5 Å². The molecule has 2 aliphatic heterocycles. The standard InChI is InChI=1S/C63H98N18O13S/c1-37(2)33-45(57(89)74-41(53(68)85)27-32-95-3)73-52(84)36-72-54(86)46(34-38-15-6-4-7-16-38)78-58(90)47(35-39-17-8-5-9-18-39)79-56(88)42(23-25-50(66)82)75-55(87)43(24-26-51(67)83)76-59(91)49-22-14-31-81(49)62(94)44(20-10-11-28-64)77-60(92)48-21-13-30-80(48)61(93)40(65)19-12-29-71-63(69)70/h4-9,15-18,37,40-49H,10-14,19-36,64-65H2,1-3H3,(H2,66,82)(H2,67,83)(H2,68,85)(H,72,86)(H,73,84)(H,74,89)(H,75,87)(H,76,91)(H,77,92)(H,78,90)(H,79,88)(H4,69,70,71)/t40-,41+,42-,43+,44-,45-,46-,47+,48+,49-/m1/s1. The number of amides is 13. The first-order valence-corrected chi connectivity index (χ1v) is 33.6. The summed E-state index contributed by atoms with van der Waals surface area (Å²) in [5.74, 6) is -9.80. The number of carbonyl (C=O) groups excluding carboxylic acids is 13. The van der Waals surface area contributed by atoms with Crippen LogP contribution in [0, 0.1) is 5.92 Å². The smallest absolute Gasteiger partial charge is 0.245 e. The van der Waals surface area contributed by atoms with Crippen LogP contribution in [-0.2, 0) is 75.2 Å². The van der Waals surface area contributed by atoms with E-state index in [1.165, 1.54) is 21.6 Å². The van der Waals surface area contributed by atoms with Crippen molar-refractivity contribution in [1.82, 2.24) is 52.3 Å². The molecule has 0 unspecified atom stereocenters. The average Bonchev–Trinajstić information content (AvgIpc) is 1.74. The van der Waals surface area contributed by atoms with Crippen LogP contribution in [0.15, 0.2) is 65.7 Å². The third kappa shape index (κ3) is 27.5. The molecule has 2 fully saturated rings. The number of nitrogens with two attached hydrogens (primary N) is 7. The van der Waals surface area contributed by atoms with Crippen LogP contribution in [0.5, 0.6) is 0 Å². The molecule has 2 aromatic carbocycles. The summed E-state index contributed by atoms with van der Waals surface area (Å²) >= 11 is 1.45. The average molecular weight is 1350 g/mol. The van der Waals surface area contributed by atoms with Crippen molar-refractivity contribution in [3.63, 3.8) is 0 Å². The van der Waals surface area contributed by atoms with Gasteiger partial charge < -0.3 is 92.5 Å². The zero-order valence-corrected chi connectivity index (χ0v) is 55.3. The molecule has 524 valence electrons. The van der Waals surface area contributed by atoms with Crippen LogP contribution in [0.3, 0.4) is 0 Å². The van der Waals surface area contributed by atoms with Gasteiger partial charge in [0.05, 0.1) is 12.6 Å². The third-order valence-electron chi connectivity index (χ3n) is 16.0. The van der Waals surface area contributed by atoms with Crippen LogP contribution < -0.4 is 82.7 Å². The number of primary amides is 3. The lowest BCUT2D eigenvalue weighted by molar-refractivity contribution is -0.144. The van der Waals surface area contributed by atoms with Crippen LogP contribution in [-0.4, -0.2) is 198 Å². The highest BCUT2D eigenvalue weighted by atomic mass is 32.2. The minimum atomic E-state index is -1.64. The molecule has 22 N–H and O–H groups in total. The number of aliphatic imine (C=N–C) groups is 1. The van der Waals surface area contributed by atoms with Crippen LogP contribution in [0.25, 0.3) is 0 Å². The van der Waals surface area contributed by atoms with E-state index in [2.05, 4.69) is 47.5 Å². The maximum Gasteiger partial charge on any atom is 0.245 e. The van der Waals surface area contributed by atoms with Gasteiger partial charge in [0.15, 0.2) is 5.96 Å². The zero-order chi connectivity index (χ0) is 70.1. The van der Waals surface area contributed by atoms with Crippen molar-refractivity contribution in [3.8, 4) is 0 Å². The molecule has 10 atom stereocenters. The van der Waals surface area contributed by atoms with Crippen LogP contribution in [0.2, 0.25) is 0 Å². The number of rotatable bonds is 42. The monoisotopic (exact) mass is 1350 g/mol. The Balaban J connectivity index is 1.56. The number of guanidine groups is 1. The largest absolute Gasteiger partial charge is 0.370 e. The summed E-state index contributed by atoms with van der Waals surface area (Å²) in [5.41, 5.74) is 40.6. The molecule has 2 aromatic rings. The van der Waals surface area contributed by atoms with Crippen molar-refractivity contribution in [2.75, 3.05) is 44.7 Å². The van der Waals surface area contributed by atoms with Crippen LogP contribution in [0.1, 0.15) is 121 Å². The predicted molar refractivity (Wildman–Crippen MR) is 356 cm³/mol. The minimum absolute atomic E-state index is 0.0736. The summed E-state index contributed by atoms with van der Waals surface area (Å²) in [6.07, 6.45) is 3.12. The topological polar surface area (TPSA) is 519 Å². The molecule has 13 amide bonds. The Kier molecular flexibility index (Phi) is 33.9. The fraction of sp³-hybridized carbons (Fsp3) is 0.587. The maximum absolute atomic E-state index is 14.7. The van der Waals surface area contributed by atoms with Crippen molar-refractivity contribution in [1.29, 1.82) is 0 Å². The van der Waals surface area contributed by atoms with Gasteiger partial charge in [0.1, 0.15) is 54.4 Å². The van der Waals surface area contributed by atoms with E-state index in [0.29, 0.717) is 55.4 Å². The number of hydrogen-bond donors (Lipinski definition) is 15. The fourth-order valence-electron chi connectivity index (χ4n) is 11.0. The van der Waals surface area contributed by atoms with Crippen LogP contribution >= 0.6 is 11.8 Å². The van der Waals surface area contributed by atoms with E-state index < -0.39 is 169 Å². The summed E-state index contributed by atoms with van der Waals surface area (Å²) in [4.78, 5) is 185. The van der Waals surface area contributed by atoms with Gasteiger partial charge in [-0.2, -0.15) is 11.8 Å². The lowest BCUT2D eigenvalue weighted by Crippen LogP contribution is -2.60. The second-order valence-corrected chi connectivity index (χ2v) is 25.1. The summed E-state index contributed by atoms with van der Waals surface area (Å²) in [7, 11) is 0. The van der Waals surface area contributed by atoms with Crippen LogP contribution in [0.4, 0.5) is 0 Å². The highest BCUT2D eigenvalue weighted by Gasteiger charge is 2.42. The molecule has 2 aliphatic rings. The van der Waals surface area contributed by atoms with Gasteiger partial charge in [-0.25, -0.2) is 0 Å². The van der Waals surface area contributed by atoms with Crippen molar-refractivity contribution < 1.29 is 62.3 Å². The molecule has 31 nitrogen and oxygen atoms in total. The van der Waals surface area contributed by atoms with Gasteiger partial charge in [0, 0.05) is 45.3 Å². The fourth-order valence-corrected chi connectivity index (χ4v) is 11.5. The van der Waals surface area contributed by atoms with E-state index in [4.69, 9.17) is 40.1 Å². The van der Waals surface area contributed by atoms with Gasteiger partial charge in [-0.3, -0.25) is 67.3 Å². The molecule has 32 heteroatoms. The van der Waals surface area contributed by atoms with E-state index in [-0.39, 0.29) is 83.0 Å². The number of nitrogens with one attached hydrogen (secondary N) is 8. The minimum Gasteiger partial charge on any atom is -0.370 e. The van der Waals surface area contributed by atoms with E-state index >= 15 is 0 Å². The first kappa shape index (κ1) is 78.5. The second kappa shape index (κ2) is 41.0. The first-order chi connectivity index (χ1) is 45.2. The summed E-state index contributed by atoms with van der Waals surface area (Å²) in [6, 6.07) is 4.51. The van der Waals surface area contributed by atoms with Crippen molar-refractivity contribution in [3.05, 3.63) is 71.8 Å². The number of benzene rings is 2. The van der Waals surface area contributed by atoms with E-state index in [0.717, 1.165) is 0 Å². The summed E-state index contributed by atoms with van der Waals surface area (Å²) in [5, 5.41) is 21.1. The Bertz CT molecular complexity index is 2960. The first-order valence-electron chi connectivity index (χ1n) is 32.2. The lowest BCUT2D eigenvalue weighted by Gasteiger charge is -2.32. The number of thioether (sulfide) groups is 1. The Morgan fingerprint density at radius 1 is 0.537 bits per heavy atom. The van der Waals surface area contributed by atoms with Crippen molar-refractivity contribution in [2.45, 2.75) is 183 Å². The Labute approximate surface area is 558 Å². The van der Waals surface area contributed by atoms with Gasteiger partial charge in [0.25, 0.3) is 0 Å². The number of carbonyl (C=O) groups is 13. The van der Waals surface area contributed by atoms with Gasteiger partial charge >= 0.3 is 0 Å². The molecule has 0 aliphatic carbocycles. The molecule has 0 spiro atoms. The molecule has 0 radical (unpaired) electrons. The Hall–Kier alpha value is -8.91. The van der Waals surface area contributed by atoms with Gasteiger partial charge in [-0.15, -0.1) is 0 Å². The molecule has 95 heavy (non-hydrogen) atoms. The molecule has 0 aromatic heterocycles. The number of nitrogens with zero attached hydrogens (tertiary/aromatic N) is 3. The van der Waals surface area contributed by atoms with Gasteiger partial charge in [0.2, 0.25) is 76.8 Å². The normalized spacial score (nSPS) is 16.8. The SMILES string of the molecule is CSCC[C@H](NC(=O)[C@@H](CC(C)C)NC(=O)CNC(=O)[C@@H](Cc1ccccc1)NC(=O)[C@H](Cc1ccccc1)NC(=O)[C@@H](CCC(N)=O)NC(=O)[C@H](CCC(N)=O)NC(=O)[C@H]1CCCN1C(=O)[C@@H](CCCCN)NC(=O)[C@@H]1CCCN1C(=O)[C@H](N)CCCN=C(N)N)C(N)=O. The Morgan fingerprint density at radius 3 is 1.51 bits per heavy atom. The van der Waals surface area contributed by atoms with Gasteiger partial charge in [-0.1, -0.05) is 74.5 Å². The molecule has 0 saturated carbocycles. The number of hydrogen-bond acceptors (Lipinski definition) is 17. The molecule has 0 bridgehead atoms. The molecular formula is C63H98N18O13S.